The first-order valence-corrected chi connectivity index (χ1v) is 8.30. The fraction of sp³-hybridized carbons (Fsp3) is 0.316. The van der Waals surface area contributed by atoms with Gasteiger partial charge in [-0.25, -0.2) is 4.39 Å². The van der Waals surface area contributed by atoms with Gasteiger partial charge in [0.25, 0.3) is 0 Å². The lowest BCUT2D eigenvalue weighted by atomic mass is 10.1. The number of hydrogen-bond acceptors (Lipinski definition) is 4. The molecule has 0 saturated heterocycles. The SMILES string of the molecule is CC(Nc1ccc2c(c1)OCCO2)C(=O)NCCc1ccc(F)cc1. The lowest BCUT2D eigenvalue weighted by molar-refractivity contribution is -0.121. The molecular formula is C19H21FN2O3. The number of rotatable bonds is 6. The molecule has 1 unspecified atom stereocenters. The molecule has 1 atom stereocenters. The average Bonchev–Trinajstić information content (AvgIpc) is 2.63. The molecular weight excluding hydrogens is 323 g/mol. The third-order valence-electron chi connectivity index (χ3n) is 3.94. The van der Waals surface area contributed by atoms with Crippen molar-refractivity contribution in [3.63, 3.8) is 0 Å². The molecule has 1 amide bonds. The Bertz CT molecular complexity index is 734. The van der Waals surface area contributed by atoms with E-state index in [-0.39, 0.29) is 11.7 Å². The van der Waals surface area contributed by atoms with Gasteiger partial charge in [-0.15, -0.1) is 0 Å². The minimum atomic E-state index is -0.393. The smallest absolute Gasteiger partial charge is 0.242 e. The normalized spacial score (nSPS) is 13.8. The molecule has 5 nitrogen and oxygen atoms in total. The second-order valence-corrected chi connectivity index (χ2v) is 5.89. The Morgan fingerprint density at radius 1 is 1.12 bits per heavy atom. The molecule has 1 aliphatic heterocycles. The van der Waals surface area contributed by atoms with Gasteiger partial charge in [0, 0.05) is 18.3 Å². The van der Waals surface area contributed by atoms with Crippen molar-refractivity contribution in [2.75, 3.05) is 25.1 Å². The molecule has 2 aromatic rings. The first kappa shape index (κ1) is 17.1. The average molecular weight is 344 g/mol. The van der Waals surface area contributed by atoms with Crippen LogP contribution in [0.4, 0.5) is 10.1 Å². The van der Waals surface area contributed by atoms with Crippen molar-refractivity contribution in [3.05, 3.63) is 53.8 Å². The maximum atomic E-state index is 12.9. The number of nitrogens with one attached hydrogen (secondary N) is 2. The predicted molar refractivity (Wildman–Crippen MR) is 93.6 cm³/mol. The summed E-state index contributed by atoms with van der Waals surface area (Å²) in [6, 6.07) is 11.4. The van der Waals surface area contributed by atoms with Crippen LogP contribution < -0.4 is 20.1 Å². The highest BCUT2D eigenvalue weighted by Crippen LogP contribution is 2.32. The molecule has 0 radical (unpaired) electrons. The van der Waals surface area contributed by atoms with E-state index < -0.39 is 6.04 Å². The second kappa shape index (κ2) is 7.88. The van der Waals surface area contributed by atoms with E-state index in [2.05, 4.69) is 10.6 Å². The molecule has 0 bridgehead atoms. The largest absolute Gasteiger partial charge is 0.486 e. The number of ether oxygens (including phenoxy) is 2. The summed E-state index contributed by atoms with van der Waals surface area (Å²) in [5.74, 6) is 1.04. The van der Waals surface area contributed by atoms with Gasteiger partial charge in [0.2, 0.25) is 5.91 Å². The lowest BCUT2D eigenvalue weighted by Gasteiger charge is -2.20. The predicted octanol–water partition coefficient (Wildman–Crippen LogP) is 2.76. The zero-order valence-electron chi connectivity index (χ0n) is 14.0. The lowest BCUT2D eigenvalue weighted by Crippen LogP contribution is -2.38. The summed E-state index contributed by atoms with van der Waals surface area (Å²) in [5.41, 5.74) is 1.78. The molecule has 0 aliphatic carbocycles. The summed E-state index contributed by atoms with van der Waals surface area (Å²) < 4.78 is 23.9. The number of benzene rings is 2. The van der Waals surface area contributed by atoms with E-state index in [0.717, 1.165) is 11.3 Å². The molecule has 6 heteroatoms. The summed E-state index contributed by atoms with van der Waals surface area (Å²) in [7, 11) is 0. The number of anilines is 1. The van der Waals surface area contributed by atoms with Crippen LogP contribution in [0.15, 0.2) is 42.5 Å². The minimum Gasteiger partial charge on any atom is -0.486 e. The van der Waals surface area contributed by atoms with Crippen molar-refractivity contribution in [1.82, 2.24) is 5.32 Å². The third-order valence-corrected chi connectivity index (χ3v) is 3.94. The number of fused-ring (bicyclic) bond motifs is 1. The van der Waals surface area contributed by atoms with Crippen LogP contribution in [-0.2, 0) is 11.2 Å². The molecule has 25 heavy (non-hydrogen) atoms. The third kappa shape index (κ3) is 4.62. The maximum absolute atomic E-state index is 12.9. The molecule has 2 N–H and O–H groups in total. The van der Waals surface area contributed by atoms with E-state index in [4.69, 9.17) is 9.47 Å². The Morgan fingerprint density at radius 3 is 2.60 bits per heavy atom. The van der Waals surface area contributed by atoms with E-state index in [1.165, 1.54) is 12.1 Å². The van der Waals surface area contributed by atoms with Crippen molar-refractivity contribution in [3.8, 4) is 11.5 Å². The van der Waals surface area contributed by atoms with Gasteiger partial charge >= 0.3 is 0 Å². The highest BCUT2D eigenvalue weighted by molar-refractivity contribution is 5.84. The van der Waals surface area contributed by atoms with Crippen molar-refractivity contribution >= 4 is 11.6 Å². The van der Waals surface area contributed by atoms with Gasteiger partial charge in [0.15, 0.2) is 11.5 Å². The van der Waals surface area contributed by atoms with Crippen LogP contribution in [0.25, 0.3) is 0 Å². The van der Waals surface area contributed by atoms with Crippen LogP contribution in [0.3, 0.4) is 0 Å². The van der Waals surface area contributed by atoms with E-state index in [1.807, 2.05) is 18.2 Å². The molecule has 3 rings (SSSR count). The van der Waals surface area contributed by atoms with Crippen LogP contribution in [0, 0.1) is 5.82 Å². The molecule has 0 aromatic heterocycles. The number of amides is 1. The molecule has 2 aromatic carbocycles. The highest BCUT2D eigenvalue weighted by Gasteiger charge is 2.15. The summed E-state index contributed by atoms with van der Waals surface area (Å²) in [6.45, 7) is 3.37. The van der Waals surface area contributed by atoms with Crippen molar-refractivity contribution in [2.24, 2.45) is 0 Å². The number of hydrogen-bond donors (Lipinski definition) is 2. The Morgan fingerprint density at radius 2 is 1.84 bits per heavy atom. The van der Waals surface area contributed by atoms with Crippen molar-refractivity contribution in [2.45, 2.75) is 19.4 Å². The van der Waals surface area contributed by atoms with E-state index >= 15 is 0 Å². The first-order valence-electron chi connectivity index (χ1n) is 8.30. The standard InChI is InChI=1S/C19H21FN2O3/c1-13(19(23)21-9-8-14-2-4-15(20)5-3-14)22-16-6-7-17-18(12-16)25-11-10-24-17/h2-7,12-13,22H,8-11H2,1H3,(H,21,23). The van der Waals surface area contributed by atoms with Gasteiger partial charge in [0.05, 0.1) is 0 Å². The van der Waals surface area contributed by atoms with Crippen molar-refractivity contribution < 1.29 is 18.7 Å². The Balaban J connectivity index is 1.48. The Hall–Kier alpha value is -2.76. The first-order chi connectivity index (χ1) is 12.1. The van der Waals surface area contributed by atoms with Gasteiger partial charge in [-0.05, 0) is 43.2 Å². The topological polar surface area (TPSA) is 59.6 Å². The van der Waals surface area contributed by atoms with Crippen LogP contribution in [0.2, 0.25) is 0 Å². The number of halogens is 1. The quantitative estimate of drug-likeness (QED) is 0.846. The minimum absolute atomic E-state index is 0.1000. The molecule has 0 saturated carbocycles. The number of carbonyl (C=O) groups is 1. The highest BCUT2D eigenvalue weighted by atomic mass is 19.1. The molecule has 0 fully saturated rings. The van der Waals surface area contributed by atoms with Gasteiger partial charge < -0.3 is 20.1 Å². The van der Waals surface area contributed by atoms with Gasteiger partial charge in [-0.2, -0.15) is 0 Å². The summed E-state index contributed by atoms with van der Waals surface area (Å²) in [4.78, 5) is 12.2. The zero-order chi connectivity index (χ0) is 17.6. The van der Waals surface area contributed by atoms with Gasteiger partial charge in [-0.1, -0.05) is 12.1 Å². The zero-order valence-corrected chi connectivity index (χ0v) is 14.0. The van der Waals surface area contributed by atoms with E-state index in [9.17, 15) is 9.18 Å². The maximum Gasteiger partial charge on any atom is 0.242 e. The number of carbonyl (C=O) groups excluding carboxylic acids is 1. The Labute approximate surface area is 146 Å². The summed E-state index contributed by atoms with van der Waals surface area (Å²) in [5, 5.41) is 6.03. The van der Waals surface area contributed by atoms with Crippen LogP contribution in [0.1, 0.15) is 12.5 Å². The monoisotopic (exact) mass is 344 g/mol. The van der Waals surface area contributed by atoms with Gasteiger partial charge in [-0.3, -0.25) is 4.79 Å². The van der Waals surface area contributed by atoms with E-state index in [1.54, 1.807) is 19.1 Å². The fourth-order valence-corrected chi connectivity index (χ4v) is 2.58. The van der Waals surface area contributed by atoms with Crippen LogP contribution >= 0.6 is 0 Å². The summed E-state index contributed by atoms with van der Waals surface area (Å²) in [6.07, 6.45) is 0.656. The second-order valence-electron chi connectivity index (χ2n) is 5.89. The van der Waals surface area contributed by atoms with Crippen LogP contribution in [0.5, 0.6) is 11.5 Å². The van der Waals surface area contributed by atoms with Crippen molar-refractivity contribution in [1.29, 1.82) is 0 Å². The van der Waals surface area contributed by atoms with Gasteiger partial charge in [0.1, 0.15) is 25.1 Å². The fourth-order valence-electron chi connectivity index (χ4n) is 2.58. The Kier molecular flexibility index (Phi) is 5.38. The molecule has 132 valence electrons. The molecule has 1 heterocycles. The van der Waals surface area contributed by atoms with Crippen LogP contribution in [-0.4, -0.2) is 31.7 Å². The molecule has 0 spiro atoms. The summed E-state index contributed by atoms with van der Waals surface area (Å²) >= 11 is 0. The molecule has 1 aliphatic rings. The van der Waals surface area contributed by atoms with E-state index in [0.29, 0.717) is 37.7 Å².